The number of nitrogens with zero attached hydrogens (tertiary/aromatic N) is 1. The molecule has 0 fully saturated rings. The predicted molar refractivity (Wildman–Crippen MR) is 78.9 cm³/mol. The van der Waals surface area contributed by atoms with Crippen LogP contribution in [-0.4, -0.2) is 8.42 Å². The summed E-state index contributed by atoms with van der Waals surface area (Å²) in [6, 6.07) is 13.7. The third kappa shape index (κ3) is 2.59. The van der Waals surface area contributed by atoms with Gasteiger partial charge in [0.25, 0.3) is 9.84 Å². The van der Waals surface area contributed by atoms with Crippen LogP contribution >= 0.6 is 0 Å². The Bertz CT molecular complexity index is 756. The van der Waals surface area contributed by atoms with E-state index in [1.54, 1.807) is 36.4 Å². The van der Waals surface area contributed by atoms with E-state index >= 15 is 0 Å². The largest absolute Gasteiger partial charge is 0.350 e. The van der Waals surface area contributed by atoms with Crippen molar-refractivity contribution < 1.29 is 8.42 Å². The third-order valence-corrected chi connectivity index (χ3v) is 5.09. The van der Waals surface area contributed by atoms with Crippen LogP contribution in [0.5, 0.6) is 0 Å². The summed E-state index contributed by atoms with van der Waals surface area (Å²) >= 11 is 0. The summed E-state index contributed by atoms with van der Waals surface area (Å²) in [5.41, 5.74) is 2.34. The van der Waals surface area contributed by atoms with E-state index in [1.165, 1.54) is 0 Å². The second-order valence-corrected chi connectivity index (χ2v) is 6.70. The second kappa shape index (κ2) is 5.48. The molecule has 2 rings (SSSR count). The minimum atomic E-state index is -3.70. The molecule has 0 spiro atoms. The van der Waals surface area contributed by atoms with Crippen LogP contribution < -0.4 is 0 Å². The zero-order chi connectivity index (χ0) is 14.8. The summed E-state index contributed by atoms with van der Waals surface area (Å²) in [6.45, 7) is 11.0. The molecule has 0 N–H and O–H groups in total. The summed E-state index contributed by atoms with van der Waals surface area (Å²) in [5.74, 6) is 0. The molecule has 2 aromatic carbocycles. The van der Waals surface area contributed by atoms with Gasteiger partial charge < -0.3 is 0 Å². The Labute approximate surface area is 119 Å². The quantitative estimate of drug-likeness (QED) is 0.807. The molecule has 0 bridgehead atoms. The third-order valence-electron chi connectivity index (χ3n) is 3.22. The van der Waals surface area contributed by atoms with Gasteiger partial charge in [-0.05, 0) is 37.6 Å². The summed E-state index contributed by atoms with van der Waals surface area (Å²) in [4.78, 5) is 3.54. The van der Waals surface area contributed by atoms with Gasteiger partial charge in [0, 0.05) is 0 Å². The highest BCUT2D eigenvalue weighted by atomic mass is 32.2. The molecule has 0 unspecified atom stereocenters. The van der Waals surface area contributed by atoms with Crippen LogP contribution in [-0.2, 0) is 9.84 Å². The van der Waals surface area contributed by atoms with Crippen molar-refractivity contribution in [2.45, 2.75) is 24.1 Å². The Morgan fingerprint density at radius 1 is 1.00 bits per heavy atom. The lowest BCUT2D eigenvalue weighted by atomic mass is 10.1. The molecule has 0 aliphatic heterocycles. The monoisotopic (exact) mass is 285 g/mol. The fraction of sp³-hybridized carbons (Fsp3) is 0.188. The van der Waals surface area contributed by atoms with Crippen molar-refractivity contribution in [2.75, 3.05) is 0 Å². The fourth-order valence-electron chi connectivity index (χ4n) is 2.03. The lowest BCUT2D eigenvalue weighted by molar-refractivity contribution is 0.590. The highest BCUT2D eigenvalue weighted by molar-refractivity contribution is 7.91. The van der Waals surface area contributed by atoms with E-state index in [4.69, 9.17) is 6.57 Å². The normalized spacial score (nSPS) is 12.7. The first-order chi connectivity index (χ1) is 9.46. The summed E-state index contributed by atoms with van der Waals surface area (Å²) in [6.07, 6.45) is 0. The van der Waals surface area contributed by atoms with Crippen LogP contribution in [0.25, 0.3) is 4.85 Å². The van der Waals surface area contributed by atoms with E-state index in [1.807, 2.05) is 26.0 Å². The topological polar surface area (TPSA) is 38.5 Å². The standard InChI is InChI=1S/C16H15NO2S/c1-12-8-10-14(11-9-12)20(18,19)16(17-3)15-7-5-4-6-13(15)2/h4-11,16H,1-2H3/t16-/m1/s1. The van der Waals surface area contributed by atoms with Crippen LogP contribution in [0.2, 0.25) is 0 Å². The maximum absolute atomic E-state index is 12.6. The first-order valence-electron chi connectivity index (χ1n) is 6.19. The maximum Gasteiger partial charge on any atom is 0.350 e. The molecule has 0 amide bonds. The molecule has 3 nitrogen and oxygen atoms in total. The second-order valence-electron chi connectivity index (χ2n) is 4.70. The Balaban J connectivity index is 2.55. The van der Waals surface area contributed by atoms with Crippen molar-refractivity contribution >= 4 is 9.84 Å². The first-order valence-corrected chi connectivity index (χ1v) is 7.74. The molecular formula is C16H15NO2S. The molecule has 0 radical (unpaired) electrons. The van der Waals surface area contributed by atoms with Crippen molar-refractivity contribution in [1.82, 2.24) is 0 Å². The van der Waals surface area contributed by atoms with Crippen molar-refractivity contribution in [3.8, 4) is 0 Å². The highest BCUT2D eigenvalue weighted by Crippen LogP contribution is 2.32. The summed E-state index contributed by atoms with van der Waals surface area (Å²) in [7, 11) is -3.70. The summed E-state index contributed by atoms with van der Waals surface area (Å²) in [5, 5.41) is -1.19. The Kier molecular flexibility index (Phi) is 3.91. The molecule has 4 heteroatoms. The van der Waals surface area contributed by atoms with Crippen LogP contribution in [0.3, 0.4) is 0 Å². The molecule has 0 aliphatic rings. The maximum atomic E-state index is 12.6. The number of sulfone groups is 1. The number of rotatable bonds is 3. The van der Waals surface area contributed by atoms with E-state index in [0.717, 1.165) is 11.1 Å². The zero-order valence-corrected chi connectivity index (χ0v) is 12.2. The highest BCUT2D eigenvalue weighted by Gasteiger charge is 2.35. The van der Waals surface area contributed by atoms with Crippen molar-refractivity contribution in [3.05, 3.63) is 76.6 Å². The van der Waals surface area contributed by atoms with Crippen LogP contribution in [0.1, 0.15) is 22.1 Å². The SMILES string of the molecule is [C-]#[N+][C@@H](c1ccccc1C)S(=O)(=O)c1ccc(C)cc1. The van der Waals surface area contributed by atoms with Gasteiger partial charge in [-0.3, -0.25) is 4.85 Å². The fourth-order valence-corrected chi connectivity index (χ4v) is 3.54. The van der Waals surface area contributed by atoms with Gasteiger partial charge in [0.15, 0.2) is 0 Å². The molecule has 20 heavy (non-hydrogen) atoms. The van der Waals surface area contributed by atoms with E-state index in [9.17, 15) is 8.42 Å². The van der Waals surface area contributed by atoms with E-state index in [0.29, 0.717) is 5.56 Å². The summed E-state index contributed by atoms with van der Waals surface area (Å²) < 4.78 is 25.2. The predicted octanol–water partition coefficient (Wildman–Crippen LogP) is 3.70. The van der Waals surface area contributed by atoms with Crippen LogP contribution in [0, 0.1) is 20.4 Å². The molecule has 102 valence electrons. The minimum absolute atomic E-state index is 0.187. The van der Waals surface area contributed by atoms with Gasteiger partial charge in [-0.25, -0.2) is 15.0 Å². The smallest absolute Gasteiger partial charge is 0.291 e. The average Bonchev–Trinajstić information content (AvgIpc) is 2.42. The molecular weight excluding hydrogens is 270 g/mol. The number of hydrogen-bond acceptors (Lipinski definition) is 2. The van der Waals surface area contributed by atoms with E-state index < -0.39 is 15.2 Å². The van der Waals surface area contributed by atoms with Crippen LogP contribution in [0.15, 0.2) is 53.4 Å². The Hall–Kier alpha value is -2.12. The average molecular weight is 285 g/mol. The lowest BCUT2D eigenvalue weighted by Crippen LogP contribution is -2.11. The Morgan fingerprint density at radius 3 is 2.15 bits per heavy atom. The first kappa shape index (κ1) is 14.3. The van der Waals surface area contributed by atoms with Gasteiger partial charge in [-0.1, -0.05) is 35.9 Å². The molecule has 0 aromatic heterocycles. The number of aryl methyl sites for hydroxylation is 2. The van der Waals surface area contributed by atoms with E-state index in [-0.39, 0.29) is 4.90 Å². The van der Waals surface area contributed by atoms with Gasteiger partial charge >= 0.3 is 5.37 Å². The van der Waals surface area contributed by atoms with Gasteiger partial charge in [0.05, 0.1) is 10.5 Å². The minimum Gasteiger partial charge on any atom is -0.291 e. The molecule has 0 heterocycles. The van der Waals surface area contributed by atoms with Crippen LogP contribution in [0.4, 0.5) is 0 Å². The van der Waals surface area contributed by atoms with Crippen molar-refractivity contribution in [2.24, 2.45) is 0 Å². The van der Waals surface area contributed by atoms with E-state index in [2.05, 4.69) is 4.85 Å². The van der Waals surface area contributed by atoms with Gasteiger partial charge in [0.2, 0.25) is 0 Å². The number of benzene rings is 2. The zero-order valence-electron chi connectivity index (χ0n) is 11.4. The van der Waals surface area contributed by atoms with Gasteiger partial charge in [-0.15, -0.1) is 0 Å². The van der Waals surface area contributed by atoms with Crippen molar-refractivity contribution in [3.63, 3.8) is 0 Å². The van der Waals surface area contributed by atoms with Gasteiger partial charge in [-0.2, -0.15) is 0 Å². The van der Waals surface area contributed by atoms with Crippen molar-refractivity contribution in [1.29, 1.82) is 0 Å². The molecule has 1 atom stereocenters. The van der Waals surface area contributed by atoms with Gasteiger partial charge in [0.1, 0.15) is 0 Å². The molecule has 0 saturated heterocycles. The molecule has 2 aromatic rings. The number of hydrogen-bond donors (Lipinski definition) is 0. The Morgan fingerprint density at radius 2 is 1.60 bits per heavy atom. The molecule has 0 saturated carbocycles. The lowest BCUT2D eigenvalue weighted by Gasteiger charge is -2.10. The molecule has 0 aliphatic carbocycles.